The minimum absolute atomic E-state index is 0.231. The SMILES string of the molecule is CCC(O)CN(CC(N)=O)CC(C)C. The molecule has 1 amide bonds. The van der Waals surface area contributed by atoms with E-state index in [1.807, 2.05) is 11.8 Å². The standard InChI is InChI=1S/C10H22N2O2/c1-4-9(13)6-12(5-8(2)3)7-10(11)14/h8-9,13H,4-7H2,1-3H3,(H2,11,14). The molecule has 1 atom stereocenters. The monoisotopic (exact) mass is 202 g/mol. The molecule has 3 N–H and O–H groups in total. The van der Waals surface area contributed by atoms with Crippen LogP contribution in [0.25, 0.3) is 0 Å². The Hall–Kier alpha value is -0.610. The zero-order chi connectivity index (χ0) is 11.1. The number of hydrogen-bond acceptors (Lipinski definition) is 3. The van der Waals surface area contributed by atoms with Gasteiger partial charge in [0.05, 0.1) is 12.6 Å². The fourth-order valence-corrected chi connectivity index (χ4v) is 1.37. The summed E-state index contributed by atoms with van der Waals surface area (Å²) >= 11 is 0. The molecule has 14 heavy (non-hydrogen) atoms. The van der Waals surface area contributed by atoms with Gasteiger partial charge in [0.1, 0.15) is 0 Å². The van der Waals surface area contributed by atoms with E-state index in [1.165, 1.54) is 0 Å². The van der Waals surface area contributed by atoms with Crippen LogP contribution in [-0.2, 0) is 4.79 Å². The average Bonchev–Trinajstić information content (AvgIpc) is 2.01. The van der Waals surface area contributed by atoms with Gasteiger partial charge >= 0.3 is 0 Å². The van der Waals surface area contributed by atoms with Crippen LogP contribution in [0.2, 0.25) is 0 Å². The number of nitrogens with zero attached hydrogens (tertiary/aromatic N) is 1. The van der Waals surface area contributed by atoms with Crippen molar-refractivity contribution in [3.63, 3.8) is 0 Å². The Morgan fingerprint density at radius 2 is 2.00 bits per heavy atom. The van der Waals surface area contributed by atoms with Crippen molar-refractivity contribution >= 4 is 5.91 Å². The van der Waals surface area contributed by atoms with Gasteiger partial charge < -0.3 is 10.8 Å². The number of primary amides is 1. The molecule has 0 saturated carbocycles. The van der Waals surface area contributed by atoms with Gasteiger partial charge in [0.25, 0.3) is 0 Å². The lowest BCUT2D eigenvalue weighted by Gasteiger charge is -2.24. The van der Waals surface area contributed by atoms with Crippen LogP contribution < -0.4 is 5.73 Å². The summed E-state index contributed by atoms with van der Waals surface area (Å²) in [6, 6.07) is 0. The topological polar surface area (TPSA) is 66.6 Å². The number of hydrogen-bond donors (Lipinski definition) is 2. The van der Waals surface area contributed by atoms with E-state index in [1.54, 1.807) is 0 Å². The average molecular weight is 202 g/mol. The molecule has 0 radical (unpaired) electrons. The second kappa shape index (κ2) is 6.79. The number of rotatable bonds is 7. The maximum atomic E-state index is 10.8. The lowest BCUT2D eigenvalue weighted by Crippen LogP contribution is -2.40. The number of carbonyl (C=O) groups excluding carboxylic acids is 1. The summed E-state index contributed by atoms with van der Waals surface area (Å²) in [4.78, 5) is 12.7. The van der Waals surface area contributed by atoms with Crippen molar-refractivity contribution in [3.05, 3.63) is 0 Å². The van der Waals surface area contributed by atoms with Crippen LogP contribution in [0.3, 0.4) is 0 Å². The predicted molar refractivity (Wildman–Crippen MR) is 56.8 cm³/mol. The Balaban J connectivity index is 4.03. The molecular formula is C10H22N2O2. The minimum atomic E-state index is -0.368. The zero-order valence-corrected chi connectivity index (χ0v) is 9.36. The van der Waals surface area contributed by atoms with Crippen molar-refractivity contribution in [2.75, 3.05) is 19.6 Å². The summed E-state index contributed by atoms with van der Waals surface area (Å²) in [6.07, 6.45) is 0.334. The first-order valence-corrected chi connectivity index (χ1v) is 5.14. The van der Waals surface area contributed by atoms with Gasteiger partial charge in [0, 0.05) is 13.1 Å². The Labute approximate surface area is 86.1 Å². The number of aliphatic hydroxyl groups is 1. The van der Waals surface area contributed by atoms with Crippen molar-refractivity contribution in [1.82, 2.24) is 4.90 Å². The van der Waals surface area contributed by atoms with Crippen molar-refractivity contribution in [2.45, 2.75) is 33.3 Å². The Bertz CT molecular complexity index is 172. The van der Waals surface area contributed by atoms with Gasteiger partial charge in [-0.15, -0.1) is 0 Å². The first-order chi connectivity index (χ1) is 6.45. The summed E-state index contributed by atoms with van der Waals surface area (Å²) in [5.41, 5.74) is 5.12. The van der Waals surface area contributed by atoms with Gasteiger partial charge in [-0.1, -0.05) is 20.8 Å². The third-order valence-electron chi connectivity index (χ3n) is 1.94. The number of amides is 1. The van der Waals surface area contributed by atoms with E-state index in [-0.39, 0.29) is 18.6 Å². The number of aliphatic hydroxyl groups excluding tert-OH is 1. The molecule has 0 aromatic heterocycles. The van der Waals surface area contributed by atoms with E-state index in [0.717, 1.165) is 6.54 Å². The lowest BCUT2D eigenvalue weighted by atomic mass is 10.2. The summed E-state index contributed by atoms with van der Waals surface area (Å²) < 4.78 is 0. The minimum Gasteiger partial charge on any atom is -0.392 e. The van der Waals surface area contributed by atoms with E-state index in [0.29, 0.717) is 18.9 Å². The van der Waals surface area contributed by atoms with Gasteiger partial charge in [-0.25, -0.2) is 0 Å². The molecule has 0 aliphatic carbocycles. The van der Waals surface area contributed by atoms with Crippen LogP contribution in [0.4, 0.5) is 0 Å². The van der Waals surface area contributed by atoms with Gasteiger partial charge in [-0.2, -0.15) is 0 Å². The maximum absolute atomic E-state index is 10.8. The molecule has 4 heteroatoms. The number of nitrogens with two attached hydrogens (primary N) is 1. The van der Waals surface area contributed by atoms with Crippen LogP contribution in [-0.4, -0.2) is 41.7 Å². The normalized spacial score (nSPS) is 13.6. The van der Waals surface area contributed by atoms with E-state index in [4.69, 9.17) is 5.73 Å². The highest BCUT2D eigenvalue weighted by atomic mass is 16.3. The van der Waals surface area contributed by atoms with Crippen molar-refractivity contribution in [2.24, 2.45) is 11.7 Å². The first kappa shape index (κ1) is 13.4. The molecule has 84 valence electrons. The first-order valence-electron chi connectivity index (χ1n) is 5.14. The Kier molecular flexibility index (Phi) is 6.49. The molecule has 0 heterocycles. The molecule has 4 nitrogen and oxygen atoms in total. The van der Waals surface area contributed by atoms with Crippen molar-refractivity contribution in [3.8, 4) is 0 Å². The van der Waals surface area contributed by atoms with Crippen LogP contribution >= 0.6 is 0 Å². The third kappa shape index (κ3) is 6.86. The predicted octanol–water partition coefficient (Wildman–Crippen LogP) is 0.201. The van der Waals surface area contributed by atoms with E-state index >= 15 is 0 Å². The van der Waals surface area contributed by atoms with E-state index < -0.39 is 0 Å². The van der Waals surface area contributed by atoms with Crippen molar-refractivity contribution < 1.29 is 9.90 Å². The van der Waals surface area contributed by atoms with Gasteiger partial charge in [0.2, 0.25) is 5.91 Å². The highest BCUT2D eigenvalue weighted by Crippen LogP contribution is 2.01. The van der Waals surface area contributed by atoms with Crippen LogP contribution in [0.1, 0.15) is 27.2 Å². The van der Waals surface area contributed by atoms with E-state index in [2.05, 4.69) is 13.8 Å². The van der Waals surface area contributed by atoms with Gasteiger partial charge in [0.15, 0.2) is 0 Å². The molecule has 0 aliphatic heterocycles. The molecule has 0 saturated heterocycles. The molecule has 0 bridgehead atoms. The fraction of sp³-hybridized carbons (Fsp3) is 0.900. The summed E-state index contributed by atoms with van der Waals surface area (Å²) in [6.45, 7) is 7.62. The smallest absolute Gasteiger partial charge is 0.231 e. The highest BCUT2D eigenvalue weighted by Gasteiger charge is 2.13. The third-order valence-corrected chi connectivity index (χ3v) is 1.94. The second-order valence-electron chi connectivity index (χ2n) is 4.12. The Morgan fingerprint density at radius 3 is 2.36 bits per heavy atom. The maximum Gasteiger partial charge on any atom is 0.231 e. The molecule has 0 aliphatic rings. The largest absolute Gasteiger partial charge is 0.392 e. The number of carbonyl (C=O) groups is 1. The van der Waals surface area contributed by atoms with Gasteiger partial charge in [-0.05, 0) is 12.3 Å². The second-order valence-corrected chi connectivity index (χ2v) is 4.12. The molecule has 0 fully saturated rings. The highest BCUT2D eigenvalue weighted by molar-refractivity contribution is 5.75. The summed E-state index contributed by atoms with van der Waals surface area (Å²) in [7, 11) is 0. The molecule has 0 spiro atoms. The summed E-state index contributed by atoms with van der Waals surface area (Å²) in [5.74, 6) is 0.132. The molecule has 0 rings (SSSR count). The Morgan fingerprint density at radius 1 is 1.43 bits per heavy atom. The van der Waals surface area contributed by atoms with Gasteiger partial charge in [-0.3, -0.25) is 9.69 Å². The fourth-order valence-electron chi connectivity index (χ4n) is 1.37. The summed E-state index contributed by atoms with van der Waals surface area (Å²) in [5, 5.41) is 9.46. The molecule has 1 unspecified atom stereocenters. The van der Waals surface area contributed by atoms with Crippen LogP contribution in [0.5, 0.6) is 0 Å². The molecule has 0 aromatic carbocycles. The quantitative estimate of drug-likeness (QED) is 0.620. The van der Waals surface area contributed by atoms with E-state index in [9.17, 15) is 9.90 Å². The van der Waals surface area contributed by atoms with Crippen LogP contribution in [0.15, 0.2) is 0 Å². The zero-order valence-electron chi connectivity index (χ0n) is 9.36. The van der Waals surface area contributed by atoms with Crippen molar-refractivity contribution in [1.29, 1.82) is 0 Å². The lowest BCUT2D eigenvalue weighted by molar-refractivity contribution is -0.119. The molecule has 0 aromatic rings. The molecular weight excluding hydrogens is 180 g/mol. The van der Waals surface area contributed by atoms with Crippen LogP contribution in [0, 0.1) is 5.92 Å².